The van der Waals surface area contributed by atoms with Gasteiger partial charge in [0.15, 0.2) is 0 Å². The zero-order valence-corrected chi connectivity index (χ0v) is 7.27. The minimum Gasteiger partial charge on any atom is -0.367 e. The Morgan fingerprint density at radius 1 is 1.67 bits per heavy atom. The topological polar surface area (TPSA) is 47.1 Å². The molecule has 66 valence electrons. The predicted octanol–water partition coefficient (Wildman–Crippen LogP) is -0.0425. The quantitative estimate of drug-likeness (QED) is 0.636. The SMILES string of the molecule is Cn1cc(N2CC[C@H](N)C2)cn1. The molecule has 12 heavy (non-hydrogen) atoms. The Kier molecular flexibility index (Phi) is 1.77. The summed E-state index contributed by atoms with van der Waals surface area (Å²) in [4.78, 5) is 2.28. The van der Waals surface area contributed by atoms with Crippen LogP contribution in [0.1, 0.15) is 6.42 Å². The van der Waals surface area contributed by atoms with Gasteiger partial charge in [0.2, 0.25) is 0 Å². The fourth-order valence-electron chi connectivity index (χ4n) is 1.59. The molecule has 0 aliphatic carbocycles. The Hall–Kier alpha value is -1.03. The molecule has 0 unspecified atom stereocenters. The fraction of sp³-hybridized carbons (Fsp3) is 0.625. The van der Waals surface area contributed by atoms with Crippen molar-refractivity contribution in [3.8, 4) is 0 Å². The van der Waals surface area contributed by atoms with Gasteiger partial charge in [-0.05, 0) is 6.42 Å². The average Bonchev–Trinajstić information content (AvgIpc) is 2.58. The summed E-state index contributed by atoms with van der Waals surface area (Å²) in [6.07, 6.45) is 5.00. The lowest BCUT2D eigenvalue weighted by Gasteiger charge is -2.14. The zero-order chi connectivity index (χ0) is 8.55. The normalized spacial score (nSPS) is 23.5. The second kappa shape index (κ2) is 2.79. The molecule has 0 radical (unpaired) electrons. The molecule has 1 aromatic rings. The van der Waals surface area contributed by atoms with E-state index in [-0.39, 0.29) is 0 Å². The van der Waals surface area contributed by atoms with Gasteiger partial charge in [0.05, 0.1) is 11.9 Å². The summed E-state index contributed by atoms with van der Waals surface area (Å²) in [5.74, 6) is 0. The van der Waals surface area contributed by atoms with Crippen molar-refractivity contribution in [2.75, 3.05) is 18.0 Å². The monoisotopic (exact) mass is 166 g/mol. The molecule has 1 aliphatic rings. The van der Waals surface area contributed by atoms with Gasteiger partial charge >= 0.3 is 0 Å². The summed E-state index contributed by atoms with van der Waals surface area (Å²) >= 11 is 0. The van der Waals surface area contributed by atoms with Crippen LogP contribution >= 0.6 is 0 Å². The van der Waals surface area contributed by atoms with Crippen molar-refractivity contribution >= 4 is 5.69 Å². The highest BCUT2D eigenvalue weighted by atomic mass is 15.3. The van der Waals surface area contributed by atoms with Crippen molar-refractivity contribution in [2.24, 2.45) is 12.8 Å². The van der Waals surface area contributed by atoms with Crippen LogP contribution in [0.5, 0.6) is 0 Å². The largest absolute Gasteiger partial charge is 0.367 e. The molecule has 0 amide bonds. The van der Waals surface area contributed by atoms with Crippen molar-refractivity contribution in [2.45, 2.75) is 12.5 Å². The molecule has 1 aromatic heterocycles. The minimum absolute atomic E-state index is 0.338. The lowest BCUT2D eigenvalue weighted by atomic mass is 10.3. The number of rotatable bonds is 1. The Morgan fingerprint density at radius 2 is 2.50 bits per heavy atom. The summed E-state index contributed by atoms with van der Waals surface area (Å²) in [5.41, 5.74) is 6.99. The summed E-state index contributed by atoms with van der Waals surface area (Å²) in [6.45, 7) is 2.03. The first-order chi connectivity index (χ1) is 5.75. The molecular formula is C8H14N4. The van der Waals surface area contributed by atoms with Gasteiger partial charge in [0.25, 0.3) is 0 Å². The van der Waals surface area contributed by atoms with E-state index in [0.29, 0.717) is 6.04 Å². The number of aryl methyl sites for hydroxylation is 1. The van der Waals surface area contributed by atoms with E-state index in [4.69, 9.17) is 5.73 Å². The predicted molar refractivity (Wildman–Crippen MR) is 48.0 cm³/mol. The van der Waals surface area contributed by atoms with Gasteiger partial charge in [-0.2, -0.15) is 5.10 Å². The zero-order valence-electron chi connectivity index (χ0n) is 7.27. The van der Waals surface area contributed by atoms with Crippen molar-refractivity contribution in [3.05, 3.63) is 12.4 Å². The van der Waals surface area contributed by atoms with E-state index in [9.17, 15) is 0 Å². The van der Waals surface area contributed by atoms with Crippen molar-refractivity contribution in [3.63, 3.8) is 0 Å². The van der Waals surface area contributed by atoms with E-state index in [2.05, 4.69) is 10.00 Å². The lowest BCUT2D eigenvalue weighted by Crippen LogP contribution is -2.25. The maximum absolute atomic E-state index is 5.80. The van der Waals surface area contributed by atoms with Crippen molar-refractivity contribution in [1.29, 1.82) is 0 Å². The molecule has 1 aliphatic heterocycles. The third kappa shape index (κ3) is 1.30. The maximum Gasteiger partial charge on any atom is 0.0752 e. The number of anilines is 1. The molecule has 0 saturated carbocycles. The Bertz CT molecular complexity index is 268. The van der Waals surface area contributed by atoms with Crippen LogP contribution in [-0.4, -0.2) is 28.9 Å². The van der Waals surface area contributed by atoms with Crippen LogP contribution in [0.2, 0.25) is 0 Å². The second-order valence-electron chi connectivity index (χ2n) is 3.37. The fourth-order valence-corrected chi connectivity index (χ4v) is 1.59. The molecule has 0 spiro atoms. The summed E-state index contributed by atoms with van der Waals surface area (Å²) in [7, 11) is 1.93. The average molecular weight is 166 g/mol. The highest BCUT2D eigenvalue weighted by Crippen LogP contribution is 2.17. The van der Waals surface area contributed by atoms with Gasteiger partial charge < -0.3 is 10.6 Å². The smallest absolute Gasteiger partial charge is 0.0752 e. The molecular weight excluding hydrogens is 152 g/mol. The molecule has 4 nitrogen and oxygen atoms in total. The van der Waals surface area contributed by atoms with Gasteiger partial charge in [-0.15, -0.1) is 0 Å². The first-order valence-electron chi connectivity index (χ1n) is 4.25. The van der Waals surface area contributed by atoms with E-state index in [1.807, 2.05) is 24.1 Å². The number of hydrogen-bond acceptors (Lipinski definition) is 3. The first-order valence-corrected chi connectivity index (χ1v) is 4.25. The van der Waals surface area contributed by atoms with Gasteiger partial charge in [-0.3, -0.25) is 4.68 Å². The number of aromatic nitrogens is 2. The molecule has 1 saturated heterocycles. The molecule has 0 bridgehead atoms. The van der Waals surface area contributed by atoms with Crippen LogP contribution in [-0.2, 0) is 7.05 Å². The molecule has 4 heteroatoms. The third-order valence-corrected chi connectivity index (χ3v) is 2.28. The molecule has 2 rings (SSSR count). The number of nitrogens with two attached hydrogens (primary N) is 1. The van der Waals surface area contributed by atoms with Crippen LogP contribution in [0.15, 0.2) is 12.4 Å². The molecule has 2 N–H and O–H groups in total. The van der Waals surface area contributed by atoms with E-state index in [1.165, 1.54) is 5.69 Å². The third-order valence-electron chi connectivity index (χ3n) is 2.28. The van der Waals surface area contributed by atoms with Gasteiger partial charge in [-0.25, -0.2) is 0 Å². The summed E-state index contributed by atoms with van der Waals surface area (Å²) in [5, 5.41) is 4.12. The Balaban J connectivity index is 2.11. The Morgan fingerprint density at radius 3 is 3.00 bits per heavy atom. The molecule has 1 atom stereocenters. The maximum atomic E-state index is 5.80. The van der Waals surface area contributed by atoms with Crippen LogP contribution < -0.4 is 10.6 Å². The lowest BCUT2D eigenvalue weighted by molar-refractivity contribution is 0.752. The van der Waals surface area contributed by atoms with E-state index in [0.717, 1.165) is 19.5 Å². The highest BCUT2D eigenvalue weighted by molar-refractivity contribution is 5.43. The van der Waals surface area contributed by atoms with Gasteiger partial charge in [0, 0.05) is 32.4 Å². The highest BCUT2D eigenvalue weighted by Gasteiger charge is 2.19. The van der Waals surface area contributed by atoms with Crippen molar-refractivity contribution < 1.29 is 0 Å². The van der Waals surface area contributed by atoms with Gasteiger partial charge in [-0.1, -0.05) is 0 Å². The molecule has 0 aromatic carbocycles. The Labute approximate surface area is 72.0 Å². The second-order valence-corrected chi connectivity index (χ2v) is 3.37. The van der Waals surface area contributed by atoms with Crippen LogP contribution in [0, 0.1) is 0 Å². The van der Waals surface area contributed by atoms with Crippen LogP contribution in [0.25, 0.3) is 0 Å². The van der Waals surface area contributed by atoms with Crippen LogP contribution in [0.3, 0.4) is 0 Å². The summed E-state index contributed by atoms with van der Waals surface area (Å²) < 4.78 is 1.82. The summed E-state index contributed by atoms with van der Waals surface area (Å²) in [6, 6.07) is 0.338. The minimum atomic E-state index is 0.338. The number of hydrogen-bond donors (Lipinski definition) is 1. The molecule has 2 heterocycles. The first kappa shape index (κ1) is 7.61. The standard InChI is InChI=1S/C8H14N4/c1-11-6-8(4-10-11)12-3-2-7(9)5-12/h4,6-7H,2-3,5,9H2,1H3/t7-/m0/s1. The van der Waals surface area contributed by atoms with E-state index in [1.54, 1.807) is 0 Å². The number of nitrogens with zero attached hydrogens (tertiary/aromatic N) is 3. The van der Waals surface area contributed by atoms with Crippen LogP contribution in [0.4, 0.5) is 5.69 Å². The van der Waals surface area contributed by atoms with E-state index < -0.39 is 0 Å². The van der Waals surface area contributed by atoms with E-state index >= 15 is 0 Å². The van der Waals surface area contributed by atoms with Gasteiger partial charge in [0.1, 0.15) is 0 Å². The molecule has 1 fully saturated rings. The van der Waals surface area contributed by atoms with Crippen molar-refractivity contribution in [1.82, 2.24) is 9.78 Å².